The molecule has 0 aliphatic carbocycles. The molecule has 2 fully saturated rings. The lowest BCUT2D eigenvalue weighted by atomic mass is 9.92. The van der Waals surface area contributed by atoms with Gasteiger partial charge in [0.2, 0.25) is 5.91 Å². The summed E-state index contributed by atoms with van der Waals surface area (Å²) in [6, 6.07) is 0.267. The first kappa shape index (κ1) is 12.8. The zero-order valence-corrected chi connectivity index (χ0v) is 10.9. The van der Waals surface area contributed by atoms with Gasteiger partial charge in [-0.1, -0.05) is 0 Å². The Hall–Kier alpha value is -0.610. The fourth-order valence-electron chi connectivity index (χ4n) is 2.83. The van der Waals surface area contributed by atoms with E-state index in [2.05, 4.69) is 17.6 Å². The van der Waals surface area contributed by atoms with Crippen molar-refractivity contribution >= 4 is 5.91 Å². The van der Waals surface area contributed by atoms with Crippen molar-refractivity contribution < 1.29 is 9.53 Å². The highest BCUT2D eigenvalue weighted by atomic mass is 16.5. The van der Waals surface area contributed by atoms with Gasteiger partial charge in [-0.15, -0.1) is 0 Å². The molecular formula is C13H24N2O2. The van der Waals surface area contributed by atoms with Gasteiger partial charge in [-0.25, -0.2) is 0 Å². The number of piperidine rings is 1. The molecule has 0 aromatic rings. The lowest BCUT2D eigenvalue weighted by molar-refractivity contribution is -0.127. The summed E-state index contributed by atoms with van der Waals surface area (Å²) in [5.74, 6) is 0.799. The summed E-state index contributed by atoms with van der Waals surface area (Å²) in [5.41, 5.74) is 0. The molecule has 4 heteroatoms. The van der Waals surface area contributed by atoms with Gasteiger partial charge in [0.25, 0.3) is 0 Å². The molecule has 4 unspecified atom stereocenters. The maximum atomic E-state index is 12.1. The second kappa shape index (κ2) is 5.83. The first-order valence-electron chi connectivity index (χ1n) is 6.81. The zero-order chi connectivity index (χ0) is 12.3. The maximum absolute atomic E-state index is 12.1. The highest BCUT2D eigenvalue weighted by Gasteiger charge is 2.32. The third-order valence-corrected chi connectivity index (χ3v) is 4.13. The van der Waals surface area contributed by atoms with Crippen LogP contribution in [0.15, 0.2) is 0 Å². The third kappa shape index (κ3) is 3.19. The Morgan fingerprint density at radius 2 is 2.29 bits per heavy atom. The number of nitrogens with one attached hydrogen (secondary N) is 2. The highest BCUT2D eigenvalue weighted by molar-refractivity contribution is 5.79. The molecule has 17 heavy (non-hydrogen) atoms. The van der Waals surface area contributed by atoms with E-state index < -0.39 is 0 Å². The average molecular weight is 240 g/mol. The Morgan fingerprint density at radius 3 is 2.88 bits per heavy atom. The van der Waals surface area contributed by atoms with Crippen LogP contribution in [0.3, 0.4) is 0 Å². The molecule has 0 aromatic heterocycles. The van der Waals surface area contributed by atoms with Crippen LogP contribution in [0, 0.1) is 11.8 Å². The molecule has 4 atom stereocenters. The topological polar surface area (TPSA) is 50.4 Å². The Morgan fingerprint density at radius 1 is 1.47 bits per heavy atom. The molecule has 2 heterocycles. The van der Waals surface area contributed by atoms with Crippen molar-refractivity contribution in [1.82, 2.24) is 10.6 Å². The average Bonchev–Trinajstić information content (AvgIpc) is 2.76. The summed E-state index contributed by atoms with van der Waals surface area (Å²) in [7, 11) is 0. The van der Waals surface area contributed by atoms with E-state index in [1.165, 1.54) is 12.8 Å². The van der Waals surface area contributed by atoms with Crippen LogP contribution in [0.5, 0.6) is 0 Å². The van der Waals surface area contributed by atoms with Crippen molar-refractivity contribution in [2.24, 2.45) is 11.8 Å². The molecule has 2 rings (SSSR count). The van der Waals surface area contributed by atoms with E-state index in [0.29, 0.717) is 5.92 Å². The molecule has 0 saturated carbocycles. The van der Waals surface area contributed by atoms with Crippen LogP contribution in [0.2, 0.25) is 0 Å². The second-order valence-electron chi connectivity index (χ2n) is 5.37. The standard InChI is InChI=1S/C13H24N2O2/c1-9(11-4-3-6-14-8-11)15-13(16)12-5-7-17-10(12)2/h9-12,14H,3-8H2,1-2H3,(H,15,16). The van der Waals surface area contributed by atoms with Crippen LogP contribution in [0.1, 0.15) is 33.1 Å². The van der Waals surface area contributed by atoms with E-state index in [4.69, 9.17) is 4.74 Å². The molecule has 0 aromatic carbocycles. The predicted molar refractivity (Wildman–Crippen MR) is 66.7 cm³/mol. The Balaban J connectivity index is 1.80. The highest BCUT2D eigenvalue weighted by Crippen LogP contribution is 2.21. The van der Waals surface area contributed by atoms with Crippen molar-refractivity contribution in [2.45, 2.75) is 45.3 Å². The third-order valence-electron chi connectivity index (χ3n) is 4.13. The zero-order valence-electron chi connectivity index (χ0n) is 10.9. The SMILES string of the molecule is CC(NC(=O)C1CCOC1C)C1CCCNC1. The van der Waals surface area contributed by atoms with Gasteiger partial charge < -0.3 is 15.4 Å². The van der Waals surface area contributed by atoms with Gasteiger partial charge in [0.1, 0.15) is 0 Å². The van der Waals surface area contributed by atoms with Gasteiger partial charge in [0.05, 0.1) is 12.0 Å². The Kier molecular flexibility index (Phi) is 4.40. The molecule has 2 N–H and O–H groups in total. The minimum Gasteiger partial charge on any atom is -0.378 e. The molecule has 98 valence electrons. The van der Waals surface area contributed by atoms with Crippen LogP contribution in [0.25, 0.3) is 0 Å². The normalized spacial score (nSPS) is 35.5. The predicted octanol–water partition coefficient (Wildman–Crippen LogP) is 0.916. The Labute approximate surface area is 103 Å². The van der Waals surface area contributed by atoms with Crippen LogP contribution < -0.4 is 10.6 Å². The minimum atomic E-state index is 0.0500. The number of ether oxygens (including phenoxy) is 1. The van der Waals surface area contributed by atoms with Gasteiger partial charge in [-0.2, -0.15) is 0 Å². The summed E-state index contributed by atoms with van der Waals surface area (Å²) < 4.78 is 5.44. The molecule has 2 saturated heterocycles. The first-order valence-corrected chi connectivity index (χ1v) is 6.81. The fraction of sp³-hybridized carbons (Fsp3) is 0.923. The number of amides is 1. The number of hydrogen-bond acceptors (Lipinski definition) is 3. The van der Waals surface area contributed by atoms with E-state index in [9.17, 15) is 4.79 Å². The largest absolute Gasteiger partial charge is 0.378 e. The summed E-state index contributed by atoms with van der Waals surface area (Å²) in [5, 5.41) is 6.55. The van der Waals surface area contributed by atoms with Crippen molar-refractivity contribution in [3.63, 3.8) is 0 Å². The van der Waals surface area contributed by atoms with Gasteiger partial charge in [-0.3, -0.25) is 4.79 Å². The number of carbonyl (C=O) groups excluding carboxylic acids is 1. The second-order valence-corrected chi connectivity index (χ2v) is 5.37. The van der Waals surface area contributed by atoms with Gasteiger partial charge >= 0.3 is 0 Å². The molecule has 0 bridgehead atoms. The fourth-order valence-corrected chi connectivity index (χ4v) is 2.83. The van der Waals surface area contributed by atoms with E-state index in [-0.39, 0.29) is 24.0 Å². The molecular weight excluding hydrogens is 216 g/mol. The summed E-state index contributed by atoms with van der Waals surface area (Å²) in [4.78, 5) is 12.1. The number of carbonyl (C=O) groups is 1. The lowest BCUT2D eigenvalue weighted by Gasteiger charge is -2.30. The smallest absolute Gasteiger partial charge is 0.226 e. The van der Waals surface area contributed by atoms with E-state index in [0.717, 1.165) is 26.1 Å². The van der Waals surface area contributed by atoms with E-state index in [1.54, 1.807) is 0 Å². The molecule has 2 aliphatic heterocycles. The lowest BCUT2D eigenvalue weighted by Crippen LogP contribution is -2.47. The van der Waals surface area contributed by atoms with Gasteiger partial charge in [-0.05, 0) is 52.1 Å². The number of rotatable bonds is 3. The Bertz CT molecular complexity index is 264. The summed E-state index contributed by atoms with van der Waals surface area (Å²) in [6.45, 7) is 6.97. The molecule has 1 amide bonds. The van der Waals surface area contributed by atoms with Gasteiger partial charge in [0, 0.05) is 12.6 Å². The minimum absolute atomic E-state index is 0.0500. The van der Waals surface area contributed by atoms with Crippen LogP contribution in [0.4, 0.5) is 0 Å². The van der Waals surface area contributed by atoms with Crippen molar-refractivity contribution in [2.75, 3.05) is 19.7 Å². The van der Waals surface area contributed by atoms with E-state index >= 15 is 0 Å². The summed E-state index contributed by atoms with van der Waals surface area (Å²) in [6.07, 6.45) is 3.37. The molecule has 4 nitrogen and oxygen atoms in total. The monoisotopic (exact) mass is 240 g/mol. The van der Waals surface area contributed by atoms with Crippen molar-refractivity contribution in [3.05, 3.63) is 0 Å². The molecule has 0 radical (unpaired) electrons. The molecule has 0 spiro atoms. The van der Waals surface area contributed by atoms with Gasteiger partial charge in [0.15, 0.2) is 0 Å². The first-order chi connectivity index (χ1) is 8.18. The maximum Gasteiger partial charge on any atom is 0.226 e. The quantitative estimate of drug-likeness (QED) is 0.771. The van der Waals surface area contributed by atoms with E-state index in [1.807, 2.05) is 6.92 Å². The summed E-state index contributed by atoms with van der Waals surface area (Å²) >= 11 is 0. The molecule has 2 aliphatic rings. The van der Waals surface area contributed by atoms with Crippen LogP contribution in [-0.4, -0.2) is 37.7 Å². The van der Waals surface area contributed by atoms with Crippen LogP contribution >= 0.6 is 0 Å². The van der Waals surface area contributed by atoms with Crippen molar-refractivity contribution in [3.8, 4) is 0 Å². The van der Waals surface area contributed by atoms with Crippen molar-refractivity contribution in [1.29, 1.82) is 0 Å². The van der Waals surface area contributed by atoms with Crippen LogP contribution in [-0.2, 0) is 9.53 Å². The number of hydrogen-bond donors (Lipinski definition) is 2.